The van der Waals surface area contributed by atoms with E-state index in [1.807, 2.05) is 0 Å². The summed E-state index contributed by atoms with van der Waals surface area (Å²) in [4.78, 5) is 5.35. The van der Waals surface area contributed by atoms with E-state index in [9.17, 15) is 0 Å². The Balaban J connectivity index is 1.84. The summed E-state index contributed by atoms with van der Waals surface area (Å²) in [6.07, 6.45) is 0. The van der Waals surface area contributed by atoms with Crippen molar-refractivity contribution in [2.75, 3.05) is 0 Å². The first-order valence-corrected chi connectivity index (χ1v) is 11.6. The molecule has 0 N–H and O–H groups in total. The maximum atomic E-state index is 6.66. The molecule has 4 heterocycles. The van der Waals surface area contributed by atoms with Gasteiger partial charge in [0.05, 0.1) is 21.9 Å². The van der Waals surface area contributed by atoms with Crippen LogP contribution in [0.2, 0.25) is 10.0 Å². The standard InChI is InChI=1S/C18H10Cl2S4/c19-9-7-24-18-13(9)15(11-3-1-5-21-11)17-14(10(20)8-23-17)16(18)12-4-2-6-22-12/h1-8,15-16H. The van der Waals surface area contributed by atoms with Crippen molar-refractivity contribution in [3.8, 4) is 0 Å². The van der Waals surface area contributed by atoms with Crippen LogP contribution in [-0.4, -0.2) is 0 Å². The Hall–Kier alpha value is -0.620. The molecule has 0 spiro atoms. The van der Waals surface area contributed by atoms with Crippen LogP contribution in [0.25, 0.3) is 0 Å². The lowest BCUT2D eigenvalue weighted by Gasteiger charge is -2.29. The molecule has 4 aromatic rings. The van der Waals surface area contributed by atoms with Crippen LogP contribution in [0.5, 0.6) is 0 Å². The van der Waals surface area contributed by atoms with Crippen molar-refractivity contribution in [1.82, 2.24) is 0 Å². The van der Waals surface area contributed by atoms with E-state index in [1.165, 1.54) is 30.6 Å². The number of hydrogen-bond donors (Lipinski definition) is 0. The molecule has 0 aliphatic heterocycles. The first-order valence-electron chi connectivity index (χ1n) is 7.36. The summed E-state index contributed by atoms with van der Waals surface area (Å²) in [5.74, 6) is 0.421. The van der Waals surface area contributed by atoms with Crippen molar-refractivity contribution in [3.05, 3.63) is 86.5 Å². The molecule has 0 fully saturated rings. The predicted octanol–water partition coefficient (Wildman–Crippen LogP) is 7.91. The third-order valence-corrected chi connectivity index (χ3v) is 9.27. The second-order valence-corrected chi connectivity index (χ2v) is 10.2. The van der Waals surface area contributed by atoms with Crippen molar-refractivity contribution in [2.45, 2.75) is 11.8 Å². The van der Waals surface area contributed by atoms with Gasteiger partial charge in [0.2, 0.25) is 0 Å². The number of halogens is 2. The van der Waals surface area contributed by atoms with Crippen molar-refractivity contribution >= 4 is 68.5 Å². The zero-order valence-electron chi connectivity index (χ0n) is 12.2. The summed E-state index contributed by atoms with van der Waals surface area (Å²) in [5, 5.41) is 10.2. The van der Waals surface area contributed by atoms with Crippen LogP contribution in [0.1, 0.15) is 42.5 Å². The normalized spacial score (nSPS) is 19.2. The molecule has 0 nitrogen and oxygen atoms in total. The number of thiophene rings is 4. The minimum Gasteiger partial charge on any atom is -0.148 e. The summed E-state index contributed by atoms with van der Waals surface area (Å²) in [7, 11) is 0. The highest BCUT2D eigenvalue weighted by atomic mass is 35.5. The molecule has 120 valence electrons. The fourth-order valence-corrected chi connectivity index (χ4v) is 8.27. The van der Waals surface area contributed by atoms with E-state index in [0.717, 1.165) is 10.0 Å². The van der Waals surface area contributed by atoms with E-state index in [2.05, 4.69) is 45.8 Å². The zero-order chi connectivity index (χ0) is 16.3. The van der Waals surface area contributed by atoms with Crippen molar-refractivity contribution in [3.63, 3.8) is 0 Å². The topological polar surface area (TPSA) is 0 Å². The molecular weight excluding hydrogens is 415 g/mol. The fraction of sp³-hybridized carbons (Fsp3) is 0.111. The fourth-order valence-electron chi connectivity index (χ4n) is 3.44. The van der Waals surface area contributed by atoms with Gasteiger partial charge < -0.3 is 0 Å². The van der Waals surface area contributed by atoms with Crippen molar-refractivity contribution in [1.29, 1.82) is 0 Å². The Bertz CT molecular complexity index is 910. The Labute approximate surface area is 165 Å². The molecular formula is C18H10Cl2S4. The van der Waals surface area contributed by atoms with Gasteiger partial charge in [0.1, 0.15) is 0 Å². The molecule has 0 radical (unpaired) electrons. The van der Waals surface area contributed by atoms with Crippen molar-refractivity contribution < 1.29 is 0 Å². The lowest BCUT2D eigenvalue weighted by atomic mass is 9.80. The van der Waals surface area contributed by atoms with Gasteiger partial charge in [0.25, 0.3) is 0 Å². The van der Waals surface area contributed by atoms with Gasteiger partial charge in [-0.05, 0) is 34.0 Å². The number of hydrogen-bond acceptors (Lipinski definition) is 4. The Morgan fingerprint density at radius 3 is 1.50 bits per heavy atom. The van der Waals surface area contributed by atoms with E-state index in [4.69, 9.17) is 23.2 Å². The molecule has 1 aliphatic rings. The molecule has 1 aliphatic carbocycles. The van der Waals surface area contributed by atoms with E-state index < -0.39 is 0 Å². The van der Waals surface area contributed by atoms with E-state index >= 15 is 0 Å². The first-order chi connectivity index (χ1) is 11.8. The minimum atomic E-state index is 0.211. The molecule has 4 aromatic heterocycles. The van der Waals surface area contributed by atoms with Crippen LogP contribution in [-0.2, 0) is 0 Å². The second kappa shape index (κ2) is 5.97. The maximum Gasteiger partial charge on any atom is 0.0558 e. The van der Waals surface area contributed by atoms with Crippen molar-refractivity contribution in [2.24, 2.45) is 0 Å². The average molecular weight is 425 g/mol. The minimum absolute atomic E-state index is 0.211. The SMILES string of the molecule is Clc1csc2c1C(c1cccs1)c1scc(Cl)c1C2c1cccs1. The smallest absolute Gasteiger partial charge is 0.0558 e. The van der Waals surface area contributed by atoms with Crippen LogP contribution >= 0.6 is 68.5 Å². The summed E-state index contributed by atoms with van der Waals surface area (Å²) in [6.45, 7) is 0. The van der Waals surface area contributed by atoms with E-state index in [-0.39, 0.29) is 11.8 Å². The van der Waals surface area contributed by atoms with Crippen LogP contribution < -0.4 is 0 Å². The molecule has 2 atom stereocenters. The van der Waals surface area contributed by atoms with Gasteiger partial charge in [-0.15, -0.1) is 45.3 Å². The van der Waals surface area contributed by atoms with Crippen LogP contribution in [0, 0.1) is 0 Å². The lowest BCUT2D eigenvalue weighted by molar-refractivity contribution is 0.886. The number of rotatable bonds is 2. The third kappa shape index (κ3) is 2.21. The largest absolute Gasteiger partial charge is 0.148 e. The molecule has 0 aromatic carbocycles. The molecule has 0 amide bonds. The molecule has 2 unspecified atom stereocenters. The average Bonchev–Trinajstić information content (AvgIpc) is 3.34. The zero-order valence-corrected chi connectivity index (χ0v) is 16.9. The van der Waals surface area contributed by atoms with Crippen LogP contribution in [0.15, 0.2) is 45.8 Å². The Morgan fingerprint density at radius 2 is 1.12 bits per heavy atom. The Morgan fingerprint density at radius 1 is 0.667 bits per heavy atom. The second-order valence-electron chi connectivity index (χ2n) is 5.62. The van der Waals surface area contributed by atoms with Gasteiger partial charge in [0.15, 0.2) is 0 Å². The summed E-state index contributed by atoms with van der Waals surface area (Å²) in [6, 6.07) is 8.63. The van der Waals surface area contributed by atoms with Gasteiger partial charge >= 0.3 is 0 Å². The van der Waals surface area contributed by atoms with Gasteiger partial charge in [-0.1, -0.05) is 35.3 Å². The molecule has 5 rings (SSSR count). The quantitative estimate of drug-likeness (QED) is 0.270. The van der Waals surface area contributed by atoms with E-state index in [0.29, 0.717) is 0 Å². The summed E-state index contributed by atoms with van der Waals surface area (Å²) in [5.41, 5.74) is 2.54. The number of fused-ring (bicyclic) bond motifs is 2. The first kappa shape index (κ1) is 15.6. The van der Waals surface area contributed by atoms with Crippen LogP contribution in [0.4, 0.5) is 0 Å². The van der Waals surface area contributed by atoms with Gasteiger partial charge in [0, 0.05) is 30.3 Å². The third-order valence-electron chi connectivity index (χ3n) is 4.38. The molecule has 0 saturated carbocycles. The van der Waals surface area contributed by atoms with Gasteiger partial charge in [-0.3, -0.25) is 0 Å². The van der Waals surface area contributed by atoms with E-state index in [1.54, 1.807) is 45.3 Å². The summed E-state index contributed by atoms with van der Waals surface area (Å²) >= 11 is 20.4. The summed E-state index contributed by atoms with van der Waals surface area (Å²) < 4.78 is 0. The van der Waals surface area contributed by atoms with Crippen LogP contribution in [0.3, 0.4) is 0 Å². The molecule has 0 saturated heterocycles. The highest BCUT2D eigenvalue weighted by Crippen LogP contribution is 2.57. The maximum absolute atomic E-state index is 6.66. The monoisotopic (exact) mass is 424 g/mol. The highest BCUT2D eigenvalue weighted by Gasteiger charge is 2.40. The predicted molar refractivity (Wildman–Crippen MR) is 109 cm³/mol. The Kier molecular flexibility index (Phi) is 3.89. The lowest BCUT2D eigenvalue weighted by Crippen LogP contribution is -2.15. The molecule has 0 bridgehead atoms. The van der Waals surface area contributed by atoms with Gasteiger partial charge in [-0.25, -0.2) is 0 Å². The molecule has 24 heavy (non-hydrogen) atoms. The van der Waals surface area contributed by atoms with Gasteiger partial charge in [-0.2, -0.15) is 0 Å². The highest BCUT2D eigenvalue weighted by molar-refractivity contribution is 7.13. The molecule has 6 heteroatoms.